The van der Waals surface area contributed by atoms with E-state index in [1.807, 2.05) is 13.8 Å². The number of likely N-dealkylation sites (N-methyl/N-ethyl adjacent to an activating group) is 1. The Morgan fingerprint density at radius 1 is 1.24 bits per heavy atom. The van der Waals surface area contributed by atoms with Gasteiger partial charge in [-0.25, -0.2) is 8.42 Å². The van der Waals surface area contributed by atoms with Gasteiger partial charge < -0.3 is 20.1 Å². The zero-order chi connectivity index (χ0) is 18.3. The van der Waals surface area contributed by atoms with Crippen LogP contribution in [0.1, 0.15) is 24.2 Å². The van der Waals surface area contributed by atoms with Crippen molar-refractivity contribution in [3.8, 4) is 11.5 Å². The van der Waals surface area contributed by atoms with Gasteiger partial charge in [0.1, 0.15) is 0 Å². The number of sulfonamides is 1. The number of hydrogen-bond acceptors (Lipinski definition) is 6. The predicted octanol–water partition coefficient (Wildman–Crippen LogP) is 1.22. The minimum Gasteiger partial charge on any atom is -0.493 e. The van der Waals surface area contributed by atoms with Crippen LogP contribution in [0.25, 0.3) is 0 Å². The molecule has 0 aliphatic heterocycles. The maximum atomic E-state index is 12.3. The maximum absolute atomic E-state index is 12.3. The quantitative estimate of drug-likeness (QED) is 0.580. The molecule has 3 N–H and O–H groups in total. The smallest absolute Gasteiger partial charge is 0.251 e. The average molecular weight is 396 g/mol. The third kappa shape index (κ3) is 7.37. The molecule has 0 saturated heterocycles. The third-order valence-corrected chi connectivity index (χ3v) is 3.75. The molecule has 0 saturated carbocycles. The summed E-state index contributed by atoms with van der Waals surface area (Å²) >= 11 is 0. The zero-order valence-corrected chi connectivity index (χ0v) is 16.6. The lowest BCUT2D eigenvalue weighted by molar-refractivity contribution is 0.0950. The molecule has 1 amide bonds. The van der Waals surface area contributed by atoms with Crippen molar-refractivity contribution in [2.75, 3.05) is 38.3 Å². The molecule has 10 heteroatoms. The summed E-state index contributed by atoms with van der Waals surface area (Å²) < 4.78 is 35.7. The molecule has 0 heterocycles. The second-order valence-corrected chi connectivity index (χ2v) is 7.05. The zero-order valence-electron chi connectivity index (χ0n) is 15.0. The van der Waals surface area contributed by atoms with Crippen molar-refractivity contribution in [3.05, 3.63) is 17.7 Å². The molecule has 1 rings (SSSR count). The lowest BCUT2D eigenvalue weighted by atomic mass is 10.1. The van der Waals surface area contributed by atoms with Gasteiger partial charge >= 0.3 is 0 Å². The molecule has 0 aliphatic rings. The highest BCUT2D eigenvalue weighted by molar-refractivity contribution is 7.92. The predicted molar refractivity (Wildman–Crippen MR) is 101 cm³/mol. The van der Waals surface area contributed by atoms with Crippen LogP contribution in [0.5, 0.6) is 11.5 Å². The van der Waals surface area contributed by atoms with Crippen LogP contribution in [-0.4, -0.2) is 53.9 Å². The summed E-state index contributed by atoms with van der Waals surface area (Å²) in [6.45, 7) is 5.18. The molecule has 0 aliphatic carbocycles. The van der Waals surface area contributed by atoms with Crippen molar-refractivity contribution in [3.63, 3.8) is 0 Å². The maximum Gasteiger partial charge on any atom is 0.251 e. The Morgan fingerprint density at radius 2 is 1.88 bits per heavy atom. The van der Waals surface area contributed by atoms with Crippen LogP contribution in [0.3, 0.4) is 0 Å². The first-order valence-corrected chi connectivity index (χ1v) is 9.36. The molecule has 1 atom stereocenters. The van der Waals surface area contributed by atoms with E-state index in [0.717, 1.165) is 12.8 Å². The fraction of sp³-hybridized carbons (Fsp3) is 0.533. The normalized spacial score (nSPS) is 11.9. The number of hydrogen-bond donors (Lipinski definition) is 3. The van der Waals surface area contributed by atoms with Crippen LogP contribution in [0.2, 0.25) is 0 Å². The highest BCUT2D eigenvalue weighted by Crippen LogP contribution is 2.37. The van der Waals surface area contributed by atoms with Gasteiger partial charge in [-0.3, -0.25) is 9.52 Å². The number of ether oxygens (including phenoxy) is 2. The molecule has 0 radical (unpaired) electrons. The summed E-state index contributed by atoms with van der Waals surface area (Å²) in [4.78, 5) is 12.3. The van der Waals surface area contributed by atoms with Crippen molar-refractivity contribution in [1.82, 2.24) is 10.6 Å². The second-order valence-electron chi connectivity index (χ2n) is 5.30. The molecular formula is C15H26ClN3O5S. The Morgan fingerprint density at radius 3 is 2.36 bits per heavy atom. The van der Waals surface area contributed by atoms with Gasteiger partial charge in [0, 0.05) is 18.2 Å². The molecular weight excluding hydrogens is 370 g/mol. The standard InChI is InChI=1S/C15H25N3O5S.ClH/c1-6-16-10(2)9-17-15(19)11-7-12(18-24(5,20)21)14(23-4)13(8-11)22-3;/h7-8,10,16,18H,6,9H2,1-5H3,(H,17,19);1H/t10-;/m1./s1. The van der Waals surface area contributed by atoms with Crippen LogP contribution in [0, 0.1) is 0 Å². The Kier molecular flexibility index (Phi) is 9.61. The topological polar surface area (TPSA) is 106 Å². The van der Waals surface area contributed by atoms with E-state index in [4.69, 9.17) is 9.47 Å². The van der Waals surface area contributed by atoms with Crippen LogP contribution < -0.4 is 24.8 Å². The van der Waals surface area contributed by atoms with E-state index in [0.29, 0.717) is 6.54 Å². The van der Waals surface area contributed by atoms with E-state index in [1.54, 1.807) is 0 Å². The van der Waals surface area contributed by atoms with Crippen LogP contribution in [0.15, 0.2) is 12.1 Å². The molecule has 0 bridgehead atoms. The number of benzene rings is 1. The molecule has 0 spiro atoms. The molecule has 25 heavy (non-hydrogen) atoms. The summed E-state index contributed by atoms with van der Waals surface area (Å²) in [7, 11) is -0.732. The van der Waals surface area contributed by atoms with Gasteiger partial charge in [-0.15, -0.1) is 12.4 Å². The largest absolute Gasteiger partial charge is 0.493 e. The summed E-state index contributed by atoms with van der Waals surface area (Å²) in [5, 5.41) is 5.97. The number of methoxy groups -OCH3 is 2. The van der Waals surface area contributed by atoms with Crippen LogP contribution >= 0.6 is 12.4 Å². The molecule has 144 valence electrons. The Bertz CT molecular complexity index is 682. The minimum absolute atomic E-state index is 0. The van der Waals surface area contributed by atoms with Crippen molar-refractivity contribution in [1.29, 1.82) is 0 Å². The molecule has 1 aromatic rings. The van der Waals surface area contributed by atoms with E-state index in [-0.39, 0.29) is 47.1 Å². The van der Waals surface area contributed by atoms with Crippen molar-refractivity contribution in [2.45, 2.75) is 19.9 Å². The minimum atomic E-state index is -3.54. The van der Waals surface area contributed by atoms with Gasteiger partial charge in [0.05, 0.1) is 26.2 Å². The van der Waals surface area contributed by atoms with E-state index < -0.39 is 10.0 Å². The average Bonchev–Trinajstić information content (AvgIpc) is 2.50. The lowest BCUT2D eigenvalue weighted by Crippen LogP contribution is -2.38. The number of nitrogens with one attached hydrogen (secondary N) is 3. The molecule has 0 fully saturated rings. The van der Waals surface area contributed by atoms with Gasteiger partial charge in [-0.05, 0) is 25.6 Å². The van der Waals surface area contributed by atoms with Gasteiger partial charge in [0.2, 0.25) is 10.0 Å². The van der Waals surface area contributed by atoms with Gasteiger partial charge in [-0.2, -0.15) is 0 Å². The number of halogens is 1. The van der Waals surface area contributed by atoms with Crippen LogP contribution in [0.4, 0.5) is 5.69 Å². The van der Waals surface area contributed by atoms with E-state index in [9.17, 15) is 13.2 Å². The lowest BCUT2D eigenvalue weighted by Gasteiger charge is -2.17. The number of rotatable bonds is 9. The first-order valence-electron chi connectivity index (χ1n) is 7.47. The van der Waals surface area contributed by atoms with E-state index in [2.05, 4.69) is 15.4 Å². The van der Waals surface area contributed by atoms with Gasteiger partial charge in [-0.1, -0.05) is 6.92 Å². The molecule has 8 nitrogen and oxygen atoms in total. The molecule has 0 unspecified atom stereocenters. The summed E-state index contributed by atoms with van der Waals surface area (Å²) in [5.74, 6) is 0.133. The number of carbonyl (C=O) groups is 1. The fourth-order valence-electron chi connectivity index (χ4n) is 2.14. The monoisotopic (exact) mass is 395 g/mol. The number of amides is 1. The Hall–Kier alpha value is -1.71. The highest BCUT2D eigenvalue weighted by Gasteiger charge is 2.18. The first kappa shape index (κ1) is 23.3. The number of carbonyl (C=O) groups excluding carboxylic acids is 1. The van der Waals surface area contributed by atoms with Crippen molar-refractivity contribution >= 4 is 34.0 Å². The number of anilines is 1. The van der Waals surface area contributed by atoms with Gasteiger partial charge in [0.25, 0.3) is 5.91 Å². The SMILES string of the molecule is CCN[C@H](C)CNC(=O)c1cc(NS(C)(=O)=O)c(OC)c(OC)c1.Cl. The molecule has 1 aromatic carbocycles. The summed E-state index contributed by atoms with van der Waals surface area (Å²) in [6, 6.07) is 3.03. The molecule has 0 aromatic heterocycles. The Balaban J connectivity index is 0.00000576. The van der Waals surface area contributed by atoms with E-state index >= 15 is 0 Å². The van der Waals surface area contributed by atoms with Crippen LogP contribution in [-0.2, 0) is 10.0 Å². The third-order valence-electron chi connectivity index (χ3n) is 3.16. The van der Waals surface area contributed by atoms with Crippen molar-refractivity contribution < 1.29 is 22.7 Å². The highest BCUT2D eigenvalue weighted by atomic mass is 35.5. The van der Waals surface area contributed by atoms with E-state index in [1.165, 1.54) is 26.4 Å². The second kappa shape index (κ2) is 10.3. The summed E-state index contributed by atoms with van der Waals surface area (Å²) in [6.07, 6.45) is 1.02. The first-order chi connectivity index (χ1) is 11.2. The summed E-state index contributed by atoms with van der Waals surface area (Å²) in [5.41, 5.74) is 0.409. The van der Waals surface area contributed by atoms with Crippen molar-refractivity contribution in [2.24, 2.45) is 0 Å². The van der Waals surface area contributed by atoms with Gasteiger partial charge in [0.15, 0.2) is 11.5 Å². The fourth-order valence-corrected chi connectivity index (χ4v) is 2.69. The Labute approximate surface area is 155 Å².